The van der Waals surface area contributed by atoms with Crippen molar-refractivity contribution in [2.45, 2.75) is 13.0 Å². The molecule has 3 aromatic carbocycles. The number of amides is 2. The summed E-state index contributed by atoms with van der Waals surface area (Å²) in [6.45, 7) is 1.99. The van der Waals surface area contributed by atoms with E-state index in [0.29, 0.717) is 17.0 Å². The highest BCUT2D eigenvalue weighted by atomic mass is 19.1. The van der Waals surface area contributed by atoms with Gasteiger partial charge in [0.25, 0.3) is 0 Å². The number of hydrogen-bond acceptors (Lipinski definition) is 4. The molecule has 0 aliphatic carbocycles. The second-order valence-corrected chi connectivity index (χ2v) is 8.85. The molecule has 4 rings (SSSR count). The summed E-state index contributed by atoms with van der Waals surface area (Å²) in [7, 11) is 5.53. The molecule has 0 saturated carbocycles. The lowest BCUT2D eigenvalue weighted by molar-refractivity contribution is -0.136. The van der Waals surface area contributed by atoms with Crippen molar-refractivity contribution in [3.63, 3.8) is 0 Å². The van der Waals surface area contributed by atoms with E-state index in [1.165, 1.54) is 24.3 Å². The van der Waals surface area contributed by atoms with E-state index in [0.717, 1.165) is 22.2 Å². The number of fused-ring (bicyclic) bond motifs is 1. The van der Waals surface area contributed by atoms with Crippen LogP contribution < -0.4 is 10.6 Å². The van der Waals surface area contributed by atoms with E-state index in [1.54, 1.807) is 30.3 Å². The van der Waals surface area contributed by atoms with Crippen LogP contribution in [0.2, 0.25) is 0 Å². The van der Waals surface area contributed by atoms with Gasteiger partial charge in [-0.1, -0.05) is 12.1 Å². The third kappa shape index (κ3) is 5.26. The Morgan fingerprint density at radius 1 is 0.972 bits per heavy atom. The second kappa shape index (κ2) is 10.2. The molecule has 0 spiro atoms. The Labute approximate surface area is 207 Å². The fraction of sp³-hybridized carbons (Fsp3) is 0.222. The number of aryl methyl sites for hydroxylation is 2. The highest BCUT2D eigenvalue weighted by Gasteiger charge is 2.20. The Morgan fingerprint density at radius 2 is 1.67 bits per heavy atom. The first-order chi connectivity index (χ1) is 17.1. The van der Waals surface area contributed by atoms with Gasteiger partial charge in [-0.15, -0.1) is 0 Å². The molecule has 186 valence electrons. The van der Waals surface area contributed by atoms with Crippen LogP contribution in [0.25, 0.3) is 22.4 Å². The summed E-state index contributed by atoms with van der Waals surface area (Å²) in [4.78, 5) is 31.4. The highest BCUT2D eigenvalue weighted by Crippen LogP contribution is 2.27. The van der Waals surface area contributed by atoms with E-state index in [9.17, 15) is 18.4 Å². The van der Waals surface area contributed by atoms with Crippen LogP contribution in [0.3, 0.4) is 0 Å². The van der Waals surface area contributed by atoms with Gasteiger partial charge < -0.3 is 20.1 Å². The maximum atomic E-state index is 13.6. The quantitative estimate of drug-likeness (QED) is 0.397. The average Bonchev–Trinajstić information content (AvgIpc) is 3.16. The molecule has 0 fully saturated rings. The molecule has 1 heterocycles. The molecule has 0 radical (unpaired) electrons. The van der Waals surface area contributed by atoms with Crippen molar-refractivity contribution in [1.82, 2.24) is 19.8 Å². The molecule has 1 unspecified atom stereocenters. The number of hydrogen-bond donors (Lipinski definition) is 2. The number of likely N-dealkylation sites (N-methyl/N-ethyl adjacent to an activating group) is 1. The molecular formula is C27H27F2N5O2. The van der Waals surface area contributed by atoms with E-state index < -0.39 is 11.8 Å². The first kappa shape index (κ1) is 25.0. The number of imidazole rings is 1. The first-order valence-corrected chi connectivity index (χ1v) is 11.4. The zero-order valence-corrected chi connectivity index (χ0v) is 20.5. The summed E-state index contributed by atoms with van der Waals surface area (Å²) >= 11 is 0. The summed E-state index contributed by atoms with van der Waals surface area (Å²) < 4.78 is 28.7. The van der Waals surface area contributed by atoms with E-state index in [2.05, 4.69) is 15.6 Å². The van der Waals surface area contributed by atoms with Gasteiger partial charge in [-0.2, -0.15) is 0 Å². The predicted molar refractivity (Wildman–Crippen MR) is 135 cm³/mol. The minimum Gasteiger partial charge on any atom is -0.346 e. The minimum atomic E-state index is -0.791. The summed E-state index contributed by atoms with van der Waals surface area (Å²) in [5.74, 6) is -1.60. The lowest BCUT2D eigenvalue weighted by Gasteiger charge is -2.25. The SMILES string of the molecule is Cc1cc(-c2nc3cc(F)ccc3n2C)ccc1NC(=O)C(=O)NCC(c1ccc(F)cc1)N(C)C. The molecule has 0 saturated heterocycles. The summed E-state index contributed by atoms with van der Waals surface area (Å²) in [6, 6.07) is 15.6. The third-order valence-corrected chi connectivity index (χ3v) is 6.12. The molecule has 0 aliphatic rings. The number of aromatic nitrogens is 2. The van der Waals surface area contributed by atoms with Crippen LogP contribution in [0.5, 0.6) is 0 Å². The molecule has 1 atom stereocenters. The van der Waals surface area contributed by atoms with Gasteiger partial charge in [0, 0.05) is 30.9 Å². The van der Waals surface area contributed by atoms with E-state index in [4.69, 9.17) is 0 Å². The summed E-state index contributed by atoms with van der Waals surface area (Å²) in [5.41, 5.74) is 4.20. The molecule has 36 heavy (non-hydrogen) atoms. The smallest absolute Gasteiger partial charge is 0.313 e. The van der Waals surface area contributed by atoms with Gasteiger partial charge in [-0.25, -0.2) is 13.8 Å². The third-order valence-electron chi connectivity index (χ3n) is 6.12. The molecular weight excluding hydrogens is 464 g/mol. The lowest BCUT2D eigenvalue weighted by Crippen LogP contribution is -2.40. The van der Waals surface area contributed by atoms with Crippen molar-refractivity contribution >= 4 is 28.5 Å². The predicted octanol–water partition coefficient (Wildman–Crippen LogP) is 4.18. The normalized spacial score (nSPS) is 12.1. The molecule has 2 amide bonds. The van der Waals surface area contributed by atoms with Crippen LogP contribution in [-0.2, 0) is 16.6 Å². The standard InChI is InChI=1S/C27H27F2N5O2/c1-16-13-18(25-31-22-14-20(29)10-12-23(22)34(25)4)7-11-21(16)32-27(36)26(35)30-15-24(33(2)3)17-5-8-19(28)9-6-17/h5-14,24H,15H2,1-4H3,(H,30,35)(H,32,36). The van der Waals surface area contributed by atoms with Gasteiger partial charge in [-0.3, -0.25) is 9.59 Å². The van der Waals surface area contributed by atoms with Crippen LogP contribution in [-0.4, -0.2) is 46.9 Å². The number of nitrogens with zero attached hydrogens (tertiary/aromatic N) is 3. The molecule has 0 bridgehead atoms. The Balaban J connectivity index is 1.44. The molecule has 0 aliphatic heterocycles. The zero-order chi connectivity index (χ0) is 26.0. The first-order valence-electron chi connectivity index (χ1n) is 11.4. The van der Waals surface area contributed by atoms with Crippen molar-refractivity contribution in [2.75, 3.05) is 26.0 Å². The van der Waals surface area contributed by atoms with Crippen LogP contribution in [0.4, 0.5) is 14.5 Å². The topological polar surface area (TPSA) is 79.3 Å². The number of carbonyl (C=O) groups excluding carboxylic acids is 2. The molecule has 1 aromatic heterocycles. The Morgan fingerprint density at radius 3 is 2.33 bits per heavy atom. The number of rotatable bonds is 6. The second-order valence-electron chi connectivity index (χ2n) is 8.85. The fourth-order valence-electron chi connectivity index (χ4n) is 4.11. The molecule has 7 nitrogen and oxygen atoms in total. The van der Waals surface area contributed by atoms with Gasteiger partial charge in [0.05, 0.1) is 17.1 Å². The number of carbonyl (C=O) groups is 2. The van der Waals surface area contributed by atoms with E-state index in [1.807, 2.05) is 43.6 Å². The highest BCUT2D eigenvalue weighted by molar-refractivity contribution is 6.39. The summed E-state index contributed by atoms with van der Waals surface area (Å²) in [6.07, 6.45) is 0. The van der Waals surface area contributed by atoms with E-state index in [-0.39, 0.29) is 24.2 Å². The van der Waals surface area contributed by atoms with Crippen molar-refractivity contribution in [2.24, 2.45) is 7.05 Å². The summed E-state index contributed by atoms with van der Waals surface area (Å²) in [5, 5.41) is 5.30. The average molecular weight is 492 g/mol. The molecule has 2 N–H and O–H groups in total. The number of benzene rings is 3. The maximum Gasteiger partial charge on any atom is 0.313 e. The molecule has 9 heteroatoms. The monoisotopic (exact) mass is 491 g/mol. The fourth-order valence-corrected chi connectivity index (χ4v) is 4.11. The van der Waals surface area contributed by atoms with Crippen LogP contribution in [0.1, 0.15) is 17.2 Å². The number of anilines is 1. The molecule has 4 aromatic rings. The van der Waals surface area contributed by atoms with Crippen molar-refractivity contribution in [1.29, 1.82) is 0 Å². The van der Waals surface area contributed by atoms with Gasteiger partial charge in [0.2, 0.25) is 0 Å². The van der Waals surface area contributed by atoms with Gasteiger partial charge >= 0.3 is 11.8 Å². The van der Waals surface area contributed by atoms with Crippen LogP contribution >= 0.6 is 0 Å². The van der Waals surface area contributed by atoms with Crippen molar-refractivity contribution < 1.29 is 18.4 Å². The van der Waals surface area contributed by atoms with E-state index >= 15 is 0 Å². The number of nitrogens with one attached hydrogen (secondary N) is 2. The lowest BCUT2D eigenvalue weighted by atomic mass is 10.1. The zero-order valence-electron chi connectivity index (χ0n) is 20.5. The van der Waals surface area contributed by atoms with Crippen LogP contribution in [0, 0.1) is 18.6 Å². The van der Waals surface area contributed by atoms with Gasteiger partial charge in [0.1, 0.15) is 17.5 Å². The van der Waals surface area contributed by atoms with Gasteiger partial charge in [-0.05, 0) is 74.6 Å². The Kier molecular flexibility index (Phi) is 7.12. The number of halogens is 2. The Hall–Kier alpha value is -4.11. The largest absolute Gasteiger partial charge is 0.346 e. The van der Waals surface area contributed by atoms with Crippen molar-refractivity contribution in [3.8, 4) is 11.4 Å². The minimum absolute atomic E-state index is 0.177. The Bertz CT molecular complexity index is 1430. The van der Waals surface area contributed by atoms with Crippen molar-refractivity contribution in [3.05, 3.63) is 83.4 Å². The maximum absolute atomic E-state index is 13.6. The van der Waals surface area contributed by atoms with Gasteiger partial charge in [0.15, 0.2) is 0 Å². The van der Waals surface area contributed by atoms with Crippen LogP contribution in [0.15, 0.2) is 60.7 Å².